The molecule has 0 aromatic heterocycles. The first-order valence-electron chi connectivity index (χ1n) is 6.07. The van der Waals surface area contributed by atoms with Gasteiger partial charge in [0.1, 0.15) is 23.6 Å². The normalized spacial score (nSPS) is 13.5. The Balaban J connectivity index is 2.18. The number of hydrogen-bond acceptors (Lipinski definition) is 4. The highest BCUT2D eigenvalue weighted by molar-refractivity contribution is 5.74. The second-order valence-corrected chi connectivity index (χ2v) is 4.30. The Labute approximate surface area is 116 Å². The molecule has 0 spiro atoms. The summed E-state index contributed by atoms with van der Waals surface area (Å²) < 4.78 is 5.61. The number of aliphatic hydroxyl groups excluding tert-OH is 1. The van der Waals surface area contributed by atoms with Gasteiger partial charge in [0.2, 0.25) is 0 Å². The maximum absolute atomic E-state index is 10.8. The van der Waals surface area contributed by atoms with E-state index in [1.54, 1.807) is 36.4 Å². The molecule has 0 radical (unpaired) electrons. The third-order valence-corrected chi connectivity index (χ3v) is 2.80. The highest BCUT2D eigenvalue weighted by Gasteiger charge is 2.23. The molecule has 2 atom stereocenters. The van der Waals surface area contributed by atoms with Gasteiger partial charge in [0, 0.05) is 0 Å². The fourth-order valence-corrected chi connectivity index (χ4v) is 1.73. The molecule has 5 heteroatoms. The van der Waals surface area contributed by atoms with Crippen LogP contribution < -0.4 is 10.5 Å². The molecular weight excluding hydrogens is 258 g/mol. The van der Waals surface area contributed by atoms with Crippen LogP contribution in [0.5, 0.6) is 11.5 Å². The monoisotopic (exact) mass is 273 g/mol. The Hall–Kier alpha value is -2.37. The van der Waals surface area contributed by atoms with Crippen molar-refractivity contribution in [2.24, 2.45) is 5.73 Å². The molecule has 0 saturated heterocycles. The summed E-state index contributed by atoms with van der Waals surface area (Å²) in [7, 11) is 0. The lowest BCUT2D eigenvalue weighted by Crippen LogP contribution is -2.36. The van der Waals surface area contributed by atoms with E-state index in [2.05, 4.69) is 0 Å². The SMILES string of the molecule is N[C@H](C(=O)O)C(O)c1cccc(Oc2ccccc2)c1. The number of aliphatic carboxylic acids is 1. The van der Waals surface area contributed by atoms with Crippen molar-refractivity contribution in [3.63, 3.8) is 0 Å². The lowest BCUT2D eigenvalue weighted by atomic mass is 10.0. The third-order valence-electron chi connectivity index (χ3n) is 2.80. The van der Waals surface area contributed by atoms with Crippen molar-refractivity contribution in [1.82, 2.24) is 0 Å². The average molecular weight is 273 g/mol. The van der Waals surface area contributed by atoms with Crippen LogP contribution >= 0.6 is 0 Å². The Kier molecular flexibility index (Phi) is 4.34. The molecular formula is C15H15NO4. The lowest BCUT2D eigenvalue weighted by Gasteiger charge is -2.16. The van der Waals surface area contributed by atoms with Gasteiger partial charge in [-0.1, -0.05) is 30.3 Å². The van der Waals surface area contributed by atoms with Crippen molar-refractivity contribution in [2.75, 3.05) is 0 Å². The summed E-state index contributed by atoms with van der Waals surface area (Å²) >= 11 is 0. The van der Waals surface area contributed by atoms with Gasteiger partial charge >= 0.3 is 5.97 Å². The number of nitrogens with two attached hydrogens (primary N) is 1. The van der Waals surface area contributed by atoms with E-state index in [-0.39, 0.29) is 0 Å². The Morgan fingerprint density at radius 3 is 2.35 bits per heavy atom. The molecule has 4 N–H and O–H groups in total. The van der Waals surface area contributed by atoms with E-state index in [4.69, 9.17) is 15.6 Å². The Bertz CT molecular complexity index is 585. The molecule has 0 saturated carbocycles. The minimum Gasteiger partial charge on any atom is -0.480 e. The number of carboxylic acid groups (broad SMARTS) is 1. The molecule has 0 aliphatic rings. The number of rotatable bonds is 5. The summed E-state index contributed by atoms with van der Waals surface area (Å²) in [5.74, 6) is -0.0982. The van der Waals surface area contributed by atoms with E-state index in [1.807, 2.05) is 18.2 Å². The smallest absolute Gasteiger partial charge is 0.323 e. The highest BCUT2D eigenvalue weighted by atomic mass is 16.5. The first-order chi connectivity index (χ1) is 9.58. The standard InChI is InChI=1S/C15H15NO4/c16-13(15(18)19)14(17)10-5-4-8-12(9-10)20-11-6-2-1-3-7-11/h1-9,13-14,17H,16H2,(H,18,19)/t13-,14?/m0/s1. The number of carboxylic acids is 1. The van der Waals surface area contributed by atoms with Gasteiger partial charge in [0.05, 0.1) is 0 Å². The summed E-state index contributed by atoms with van der Waals surface area (Å²) in [4.78, 5) is 10.8. The number of para-hydroxylation sites is 1. The zero-order valence-corrected chi connectivity index (χ0v) is 10.6. The number of carbonyl (C=O) groups is 1. The molecule has 0 bridgehead atoms. The average Bonchev–Trinajstić information content (AvgIpc) is 2.47. The van der Waals surface area contributed by atoms with E-state index >= 15 is 0 Å². The van der Waals surface area contributed by atoms with Gasteiger partial charge in [-0.2, -0.15) is 0 Å². The molecule has 0 aliphatic carbocycles. The predicted octanol–water partition coefficient (Wildman–Crippen LogP) is 1.92. The highest BCUT2D eigenvalue weighted by Crippen LogP contribution is 2.25. The molecule has 2 aromatic rings. The molecule has 2 aromatic carbocycles. The van der Waals surface area contributed by atoms with Crippen molar-refractivity contribution in [1.29, 1.82) is 0 Å². The fourth-order valence-electron chi connectivity index (χ4n) is 1.73. The van der Waals surface area contributed by atoms with Gasteiger partial charge in [-0.25, -0.2) is 0 Å². The molecule has 0 fully saturated rings. The first kappa shape index (κ1) is 14.0. The van der Waals surface area contributed by atoms with Crippen LogP contribution in [0, 0.1) is 0 Å². The van der Waals surface area contributed by atoms with Gasteiger partial charge in [0.25, 0.3) is 0 Å². The van der Waals surface area contributed by atoms with Crippen molar-refractivity contribution in [2.45, 2.75) is 12.1 Å². The number of benzene rings is 2. The largest absolute Gasteiger partial charge is 0.480 e. The number of hydrogen-bond donors (Lipinski definition) is 3. The zero-order chi connectivity index (χ0) is 14.5. The minimum atomic E-state index is -1.37. The van der Waals surface area contributed by atoms with Gasteiger partial charge in [0.15, 0.2) is 0 Å². The molecule has 1 unspecified atom stereocenters. The second kappa shape index (κ2) is 6.18. The summed E-state index contributed by atoms with van der Waals surface area (Å²) in [6.07, 6.45) is -1.29. The quantitative estimate of drug-likeness (QED) is 0.774. The molecule has 0 amide bonds. The predicted molar refractivity (Wildman–Crippen MR) is 73.5 cm³/mol. The van der Waals surface area contributed by atoms with Crippen LogP contribution in [0.25, 0.3) is 0 Å². The lowest BCUT2D eigenvalue weighted by molar-refractivity contribution is -0.141. The molecule has 2 rings (SSSR count). The minimum absolute atomic E-state index is 0.397. The Morgan fingerprint density at radius 2 is 1.70 bits per heavy atom. The molecule has 0 heterocycles. The van der Waals surface area contributed by atoms with Gasteiger partial charge < -0.3 is 20.7 Å². The molecule has 104 valence electrons. The topological polar surface area (TPSA) is 92.8 Å². The fraction of sp³-hybridized carbons (Fsp3) is 0.133. The zero-order valence-electron chi connectivity index (χ0n) is 10.6. The number of aliphatic hydroxyl groups is 1. The summed E-state index contributed by atoms with van der Waals surface area (Å²) in [6, 6.07) is 14.3. The summed E-state index contributed by atoms with van der Waals surface area (Å²) in [6.45, 7) is 0. The van der Waals surface area contributed by atoms with Crippen LogP contribution in [0.3, 0.4) is 0 Å². The molecule has 5 nitrogen and oxygen atoms in total. The van der Waals surface area contributed by atoms with Crippen LogP contribution in [0.15, 0.2) is 54.6 Å². The maximum atomic E-state index is 10.8. The van der Waals surface area contributed by atoms with Crippen LogP contribution in [0.4, 0.5) is 0 Å². The van der Waals surface area contributed by atoms with Crippen molar-refractivity contribution in [3.8, 4) is 11.5 Å². The van der Waals surface area contributed by atoms with Gasteiger partial charge in [-0.3, -0.25) is 4.79 Å². The summed E-state index contributed by atoms with van der Waals surface area (Å²) in [5, 5.41) is 18.7. The van der Waals surface area contributed by atoms with Crippen molar-refractivity contribution < 1.29 is 19.7 Å². The van der Waals surface area contributed by atoms with E-state index in [0.29, 0.717) is 17.1 Å². The molecule has 20 heavy (non-hydrogen) atoms. The van der Waals surface area contributed by atoms with E-state index in [9.17, 15) is 9.90 Å². The third kappa shape index (κ3) is 3.34. The number of ether oxygens (including phenoxy) is 1. The summed E-state index contributed by atoms with van der Waals surface area (Å²) in [5.41, 5.74) is 5.80. The van der Waals surface area contributed by atoms with Crippen LogP contribution in [0.1, 0.15) is 11.7 Å². The first-order valence-corrected chi connectivity index (χ1v) is 6.07. The maximum Gasteiger partial charge on any atom is 0.323 e. The van der Waals surface area contributed by atoms with E-state index in [0.717, 1.165) is 0 Å². The van der Waals surface area contributed by atoms with Crippen LogP contribution in [0.2, 0.25) is 0 Å². The Morgan fingerprint density at radius 1 is 1.05 bits per heavy atom. The molecule has 0 aliphatic heterocycles. The van der Waals surface area contributed by atoms with Crippen molar-refractivity contribution in [3.05, 3.63) is 60.2 Å². The van der Waals surface area contributed by atoms with E-state index in [1.165, 1.54) is 0 Å². The van der Waals surface area contributed by atoms with Crippen molar-refractivity contribution >= 4 is 5.97 Å². The van der Waals surface area contributed by atoms with Crippen LogP contribution in [-0.2, 0) is 4.79 Å². The van der Waals surface area contributed by atoms with E-state index < -0.39 is 18.1 Å². The van der Waals surface area contributed by atoms with Gasteiger partial charge in [-0.15, -0.1) is 0 Å². The second-order valence-electron chi connectivity index (χ2n) is 4.30. The van der Waals surface area contributed by atoms with Crippen LogP contribution in [-0.4, -0.2) is 22.2 Å². The van der Waals surface area contributed by atoms with Gasteiger partial charge in [-0.05, 0) is 29.8 Å².